The Labute approximate surface area is 270 Å². The minimum absolute atomic E-state index is 0.0211. The fraction of sp³-hybridized carbons (Fsp3) is 0.562. The van der Waals surface area contributed by atoms with Gasteiger partial charge in [0.15, 0.2) is 18.7 Å². The Balaban J connectivity index is 1.48. The van der Waals surface area contributed by atoms with Crippen LogP contribution in [0.1, 0.15) is 42.7 Å². The number of ether oxygens (including phenoxy) is 6. The quantitative estimate of drug-likeness (QED) is 0.152. The molecule has 2 aromatic carbocycles. The van der Waals surface area contributed by atoms with Crippen LogP contribution in [-0.4, -0.2) is 128 Å². The van der Waals surface area contributed by atoms with Gasteiger partial charge in [-0.15, -0.1) is 0 Å². The molecule has 2 aromatic rings. The van der Waals surface area contributed by atoms with Crippen molar-refractivity contribution < 1.29 is 74.4 Å². The molecule has 9 N–H and O–H groups in total. The molecule has 3 aliphatic heterocycles. The van der Waals surface area contributed by atoms with E-state index in [1.54, 1.807) is 0 Å². The number of hydrogen-bond donors (Lipinski definition) is 9. The largest absolute Gasteiger partial charge is 0.508 e. The van der Waals surface area contributed by atoms with Crippen molar-refractivity contribution in [3.05, 3.63) is 58.7 Å². The summed E-state index contributed by atoms with van der Waals surface area (Å²) < 4.78 is 34.6. The van der Waals surface area contributed by atoms with Crippen molar-refractivity contribution in [2.24, 2.45) is 0 Å². The molecule has 3 heterocycles. The van der Waals surface area contributed by atoms with Crippen LogP contribution in [0.3, 0.4) is 0 Å². The molecule has 0 amide bonds. The van der Waals surface area contributed by atoms with E-state index in [4.69, 9.17) is 28.4 Å². The highest BCUT2D eigenvalue weighted by atomic mass is 16.7. The molecule has 0 spiro atoms. The van der Waals surface area contributed by atoms with E-state index < -0.39 is 80.2 Å². The first-order valence-corrected chi connectivity index (χ1v) is 15.1. The molecule has 15 heteroatoms. The second kappa shape index (κ2) is 14.6. The zero-order chi connectivity index (χ0) is 34.2. The summed E-state index contributed by atoms with van der Waals surface area (Å²) in [6.07, 6.45) is -16.2. The molecule has 3 aliphatic rings. The van der Waals surface area contributed by atoms with Gasteiger partial charge >= 0.3 is 0 Å². The molecule has 0 aromatic heterocycles. The molecule has 0 aliphatic carbocycles. The van der Waals surface area contributed by atoms with Crippen LogP contribution in [0, 0.1) is 0 Å². The Kier molecular flexibility index (Phi) is 10.9. The second-order valence-electron chi connectivity index (χ2n) is 12.1. The van der Waals surface area contributed by atoms with Gasteiger partial charge in [-0.05, 0) is 38.0 Å². The number of hydrogen-bond acceptors (Lipinski definition) is 15. The van der Waals surface area contributed by atoms with Crippen molar-refractivity contribution in [1.82, 2.24) is 0 Å². The maximum atomic E-state index is 11.7. The van der Waals surface area contributed by atoms with Crippen LogP contribution in [0.4, 0.5) is 0 Å². The van der Waals surface area contributed by atoms with Crippen LogP contribution in [0.15, 0.2) is 42.0 Å². The van der Waals surface area contributed by atoms with Crippen molar-refractivity contribution >= 4 is 0 Å². The molecule has 15 nitrogen and oxygen atoms in total. The Morgan fingerprint density at radius 1 is 0.872 bits per heavy atom. The van der Waals surface area contributed by atoms with Crippen LogP contribution in [0.2, 0.25) is 0 Å². The minimum Gasteiger partial charge on any atom is -0.508 e. The first-order chi connectivity index (χ1) is 22.3. The lowest BCUT2D eigenvalue weighted by molar-refractivity contribution is -0.335. The molecule has 0 radical (unpaired) electrons. The van der Waals surface area contributed by atoms with Gasteiger partial charge in [-0.2, -0.15) is 0 Å². The van der Waals surface area contributed by atoms with Gasteiger partial charge in [-0.1, -0.05) is 23.8 Å². The lowest BCUT2D eigenvalue weighted by atomic mass is 9.88. The zero-order valence-corrected chi connectivity index (χ0v) is 26.0. The van der Waals surface area contributed by atoms with Crippen LogP contribution in [0.5, 0.6) is 23.0 Å². The standard InChI is InChI=1S/C32H42O15/c1-13(2)4-9-16-17(34)10-19(42-3)21-29(16)46-28(14-5-7-15(33)8-6-14)27(41)30(21)47-32-26(40)24(38)23(37)20(45-32)12-44-31-25(39)22(36)18(35)11-43-31/h4-8,10,18,20,22-28,30-41H,9,11-12H2,1-3H3/t18-,20-,22+,23-,24+,25-,26-,27-,28-,30+,31+,32+/m1/s1. The number of aromatic hydroxyl groups is 2. The highest BCUT2D eigenvalue weighted by Crippen LogP contribution is 2.52. The van der Waals surface area contributed by atoms with Crippen molar-refractivity contribution in [2.75, 3.05) is 20.3 Å². The van der Waals surface area contributed by atoms with Crippen molar-refractivity contribution in [3.8, 4) is 23.0 Å². The molecule has 12 atom stereocenters. The van der Waals surface area contributed by atoms with E-state index in [2.05, 4.69) is 0 Å². The number of phenolic OH excluding ortho intramolecular Hbond substituents is 2. The number of benzene rings is 2. The number of aliphatic hydroxyl groups excluding tert-OH is 7. The molecule has 260 valence electrons. The molecule has 0 bridgehead atoms. The molecule has 0 unspecified atom stereocenters. The highest BCUT2D eigenvalue weighted by molar-refractivity contribution is 5.60. The highest BCUT2D eigenvalue weighted by Gasteiger charge is 2.50. The van der Waals surface area contributed by atoms with Gasteiger partial charge in [0.2, 0.25) is 0 Å². The third-order valence-corrected chi connectivity index (χ3v) is 8.50. The van der Waals surface area contributed by atoms with E-state index in [0.29, 0.717) is 11.1 Å². The van der Waals surface area contributed by atoms with E-state index in [9.17, 15) is 46.0 Å². The SMILES string of the molecule is COc1cc(O)c(CC=C(C)C)c2c1[C@H](O[C@@H]1O[C@H](CO[C@@H]3OC[C@@H](O)[C@H](O)[C@H]3O)[C@@H](O)[C@H](O)[C@H]1O)[C@H](O)[C@@H](c1ccc(O)cc1)O2. The average molecular weight is 667 g/mol. The fourth-order valence-corrected chi connectivity index (χ4v) is 5.79. The summed E-state index contributed by atoms with van der Waals surface area (Å²) in [5.41, 5.74) is 1.94. The third-order valence-electron chi connectivity index (χ3n) is 8.50. The van der Waals surface area contributed by atoms with Gasteiger partial charge in [0.25, 0.3) is 0 Å². The first kappa shape index (κ1) is 35.3. The monoisotopic (exact) mass is 666 g/mol. The molecule has 0 saturated carbocycles. The first-order valence-electron chi connectivity index (χ1n) is 15.1. The Bertz CT molecular complexity index is 1400. The topological polar surface area (TPSA) is 237 Å². The number of methoxy groups -OCH3 is 1. The van der Waals surface area contributed by atoms with Gasteiger partial charge in [-0.3, -0.25) is 0 Å². The number of aliphatic hydroxyl groups is 7. The van der Waals surface area contributed by atoms with E-state index in [1.807, 2.05) is 19.9 Å². The molecule has 47 heavy (non-hydrogen) atoms. The van der Waals surface area contributed by atoms with Crippen molar-refractivity contribution in [1.29, 1.82) is 0 Å². The normalized spacial score (nSPS) is 35.4. The zero-order valence-electron chi connectivity index (χ0n) is 26.0. The van der Waals surface area contributed by atoms with Crippen LogP contribution in [0.25, 0.3) is 0 Å². The molecular weight excluding hydrogens is 624 g/mol. The summed E-state index contributed by atoms with van der Waals surface area (Å²) in [4.78, 5) is 0. The summed E-state index contributed by atoms with van der Waals surface area (Å²) in [7, 11) is 1.34. The van der Waals surface area contributed by atoms with E-state index >= 15 is 0 Å². The molecular formula is C32H42O15. The van der Waals surface area contributed by atoms with Gasteiger partial charge in [0.05, 0.1) is 25.9 Å². The Hall–Kier alpha value is -3.06. The number of fused-ring (bicyclic) bond motifs is 1. The maximum absolute atomic E-state index is 11.7. The molecule has 5 rings (SSSR count). The van der Waals surface area contributed by atoms with E-state index in [1.165, 1.54) is 37.4 Å². The van der Waals surface area contributed by atoms with Crippen molar-refractivity contribution in [2.45, 2.75) is 93.9 Å². The molecule has 2 fully saturated rings. The minimum atomic E-state index is -1.83. The van der Waals surface area contributed by atoms with E-state index in [0.717, 1.165) is 5.57 Å². The van der Waals surface area contributed by atoms with Crippen LogP contribution in [-0.2, 0) is 25.4 Å². The summed E-state index contributed by atoms with van der Waals surface area (Å²) >= 11 is 0. The second-order valence-corrected chi connectivity index (χ2v) is 12.1. The van der Waals surface area contributed by atoms with Gasteiger partial charge in [0, 0.05) is 11.6 Å². The van der Waals surface area contributed by atoms with Crippen LogP contribution < -0.4 is 9.47 Å². The Morgan fingerprint density at radius 2 is 1.55 bits per heavy atom. The smallest absolute Gasteiger partial charge is 0.187 e. The summed E-state index contributed by atoms with van der Waals surface area (Å²) in [6, 6.07) is 7.24. The predicted octanol–water partition coefficient (Wildman–Crippen LogP) is -0.569. The maximum Gasteiger partial charge on any atom is 0.187 e. The summed E-state index contributed by atoms with van der Waals surface area (Å²) in [5.74, 6) is 0.0589. The average Bonchev–Trinajstić information content (AvgIpc) is 3.04. The Morgan fingerprint density at radius 3 is 2.21 bits per heavy atom. The predicted molar refractivity (Wildman–Crippen MR) is 159 cm³/mol. The summed E-state index contributed by atoms with van der Waals surface area (Å²) in [5, 5.41) is 94.9. The van der Waals surface area contributed by atoms with Gasteiger partial charge < -0.3 is 74.4 Å². The lowest BCUT2D eigenvalue weighted by Gasteiger charge is -2.44. The number of rotatable bonds is 9. The van der Waals surface area contributed by atoms with Gasteiger partial charge in [0.1, 0.15) is 77.9 Å². The van der Waals surface area contributed by atoms with Crippen LogP contribution >= 0.6 is 0 Å². The lowest BCUT2D eigenvalue weighted by Crippen LogP contribution is -2.61. The summed E-state index contributed by atoms with van der Waals surface area (Å²) in [6.45, 7) is 2.93. The molecule has 2 saturated heterocycles. The third kappa shape index (κ3) is 7.21. The van der Waals surface area contributed by atoms with Gasteiger partial charge in [-0.25, -0.2) is 0 Å². The van der Waals surface area contributed by atoms with E-state index in [-0.39, 0.29) is 41.6 Å². The van der Waals surface area contributed by atoms with Crippen molar-refractivity contribution in [3.63, 3.8) is 0 Å². The number of allylic oxidation sites excluding steroid dienone is 2. The fourth-order valence-electron chi connectivity index (χ4n) is 5.79. The number of phenols is 2.